The van der Waals surface area contributed by atoms with E-state index < -0.39 is 35.0 Å². The molecule has 0 bridgehead atoms. The van der Waals surface area contributed by atoms with Crippen LogP contribution in [0.4, 0.5) is 0 Å². The maximum atomic E-state index is 10.8. The summed E-state index contributed by atoms with van der Waals surface area (Å²) in [6, 6.07) is 1.52. The summed E-state index contributed by atoms with van der Waals surface area (Å²) in [7, 11) is -9.46. The maximum absolute atomic E-state index is 10.8. The zero-order valence-corrected chi connectivity index (χ0v) is 16.4. The van der Waals surface area contributed by atoms with Crippen molar-refractivity contribution in [2.45, 2.75) is 9.79 Å². The van der Waals surface area contributed by atoms with Crippen molar-refractivity contribution in [2.24, 2.45) is 0 Å². The monoisotopic (exact) mass is 352 g/mol. The second kappa shape index (κ2) is 7.58. The van der Waals surface area contributed by atoms with Crippen LogP contribution >= 0.6 is 23.2 Å². The Kier molecular flexibility index (Phi) is 9.22. The van der Waals surface area contributed by atoms with Gasteiger partial charge < -0.3 is 0 Å². The standard InChI is InChI=1S/C6H4Cl2O6S2.2Na/c7-3-1-4(15(9,10)11)6(8)5(2-3)16(12,13)14;;/h1-2H,(H,9,10,11)(H,12,13,14);;. The van der Waals surface area contributed by atoms with Crippen molar-refractivity contribution in [3.63, 3.8) is 0 Å². The molecule has 1 aromatic carbocycles. The van der Waals surface area contributed by atoms with E-state index in [0.717, 1.165) is 12.1 Å². The molecular formula is C6H4Cl2Na2O6S2. The molecule has 2 N–H and O–H groups in total. The minimum Gasteiger partial charge on any atom is -0.282 e. The van der Waals surface area contributed by atoms with Gasteiger partial charge in [-0.2, -0.15) is 16.8 Å². The maximum Gasteiger partial charge on any atom is 0.296 e. The van der Waals surface area contributed by atoms with Crippen molar-refractivity contribution < 1.29 is 25.9 Å². The van der Waals surface area contributed by atoms with Gasteiger partial charge in [0.05, 0.1) is 5.02 Å². The first kappa shape index (κ1) is 21.9. The van der Waals surface area contributed by atoms with Crippen LogP contribution < -0.4 is 0 Å². The van der Waals surface area contributed by atoms with E-state index in [1.54, 1.807) is 0 Å². The fourth-order valence-electron chi connectivity index (χ4n) is 0.916. The van der Waals surface area contributed by atoms with Crippen molar-refractivity contribution in [3.8, 4) is 0 Å². The van der Waals surface area contributed by atoms with Gasteiger partial charge in [0.1, 0.15) is 9.79 Å². The van der Waals surface area contributed by atoms with Crippen LogP contribution in [0.1, 0.15) is 0 Å². The summed E-state index contributed by atoms with van der Waals surface area (Å²) < 4.78 is 60.8. The van der Waals surface area contributed by atoms with Gasteiger partial charge in [-0.1, -0.05) is 23.2 Å². The molecule has 0 aliphatic carbocycles. The van der Waals surface area contributed by atoms with Gasteiger partial charge in [-0.25, -0.2) is 0 Å². The summed E-state index contributed by atoms with van der Waals surface area (Å²) in [5.41, 5.74) is 0. The number of hydrogen-bond acceptors (Lipinski definition) is 4. The molecule has 0 saturated heterocycles. The number of rotatable bonds is 2. The molecule has 0 aromatic heterocycles. The third-order valence-corrected chi connectivity index (χ3v) is 4.13. The predicted octanol–water partition coefficient (Wildman–Crippen LogP) is 0.725. The van der Waals surface area contributed by atoms with Gasteiger partial charge in [-0.05, 0) is 12.1 Å². The second-order valence-corrected chi connectivity index (χ2v) is 6.26. The molecule has 92 valence electrons. The van der Waals surface area contributed by atoms with E-state index in [1.807, 2.05) is 0 Å². The number of hydrogen-bond donors (Lipinski definition) is 2. The molecule has 18 heavy (non-hydrogen) atoms. The van der Waals surface area contributed by atoms with Crippen molar-refractivity contribution in [1.29, 1.82) is 0 Å². The van der Waals surface area contributed by atoms with Gasteiger partial charge in [0.2, 0.25) is 0 Å². The fourth-order valence-corrected chi connectivity index (χ4v) is 3.25. The Hall–Kier alpha value is 1.62. The minimum absolute atomic E-state index is 0. The third-order valence-electron chi connectivity index (χ3n) is 1.53. The smallest absolute Gasteiger partial charge is 0.282 e. The summed E-state index contributed by atoms with van der Waals surface area (Å²) in [6.45, 7) is 0. The Bertz CT molecular complexity index is 589. The van der Waals surface area contributed by atoms with Gasteiger partial charge in [-0.3, -0.25) is 9.11 Å². The van der Waals surface area contributed by atoms with E-state index in [2.05, 4.69) is 0 Å². The Morgan fingerprint density at radius 1 is 0.833 bits per heavy atom. The van der Waals surface area contributed by atoms with Gasteiger partial charge in [0.25, 0.3) is 20.2 Å². The van der Waals surface area contributed by atoms with E-state index in [4.69, 9.17) is 32.3 Å². The largest absolute Gasteiger partial charge is 0.296 e. The van der Waals surface area contributed by atoms with Crippen molar-refractivity contribution in [2.75, 3.05) is 0 Å². The van der Waals surface area contributed by atoms with Crippen LogP contribution in [-0.2, 0) is 20.2 Å². The summed E-state index contributed by atoms with van der Waals surface area (Å²) >= 11 is 10.8. The molecule has 0 unspecified atom stereocenters. The zero-order valence-electron chi connectivity index (χ0n) is 9.25. The fraction of sp³-hybridized carbons (Fsp3) is 0. The van der Waals surface area contributed by atoms with E-state index in [-0.39, 0.29) is 64.1 Å². The van der Waals surface area contributed by atoms with Crippen LogP contribution in [0.15, 0.2) is 21.9 Å². The average molecular weight is 353 g/mol. The SMILES string of the molecule is O=S(=O)(O)c1cc(Cl)cc(S(=O)(=O)O)c1Cl.[Na].[Na]. The second-order valence-electron chi connectivity index (χ2n) is 2.67. The van der Waals surface area contributed by atoms with Gasteiger partial charge in [-0.15, -0.1) is 0 Å². The Morgan fingerprint density at radius 2 is 1.11 bits per heavy atom. The third kappa shape index (κ3) is 5.55. The molecule has 0 heterocycles. The van der Waals surface area contributed by atoms with E-state index in [1.165, 1.54) is 0 Å². The van der Waals surface area contributed by atoms with E-state index in [0.29, 0.717) is 0 Å². The van der Waals surface area contributed by atoms with Crippen LogP contribution in [0, 0.1) is 0 Å². The molecule has 0 amide bonds. The van der Waals surface area contributed by atoms with Gasteiger partial charge in [0.15, 0.2) is 0 Å². The minimum atomic E-state index is -4.73. The normalized spacial score (nSPS) is 11.3. The number of benzene rings is 1. The van der Waals surface area contributed by atoms with Crippen molar-refractivity contribution in [3.05, 3.63) is 22.2 Å². The van der Waals surface area contributed by atoms with Crippen molar-refractivity contribution in [1.82, 2.24) is 0 Å². The van der Waals surface area contributed by atoms with Crippen LogP contribution in [0.25, 0.3) is 0 Å². The van der Waals surface area contributed by atoms with Crippen molar-refractivity contribution >= 4 is 103 Å². The molecule has 0 saturated carbocycles. The quantitative estimate of drug-likeness (QED) is 0.599. The molecule has 1 rings (SSSR count). The Morgan fingerprint density at radius 3 is 1.33 bits per heavy atom. The van der Waals surface area contributed by atoms with Crippen LogP contribution in [0.3, 0.4) is 0 Å². The molecule has 0 atom stereocenters. The first-order chi connectivity index (χ1) is 7.03. The molecule has 1 aromatic rings. The van der Waals surface area contributed by atoms with E-state index >= 15 is 0 Å². The van der Waals surface area contributed by atoms with Gasteiger partial charge in [0, 0.05) is 64.1 Å². The Balaban J connectivity index is 0. The predicted molar refractivity (Wildman–Crippen MR) is 67.6 cm³/mol. The first-order valence-corrected chi connectivity index (χ1v) is 7.11. The van der Waals surface area contributed by atoms with Crippen LogP contribution in [0.5, 0.6) is 0 Å². The average Bonchev–Trinajstić information content (AvgIpc) is 2.04. The summed E-state index contributed by atoms with van der Waals surface area (Å²) in [4.78, 5) is -1.79. The van der Waals surface area contributed by atoms with Crippen LogP contribution in [0.2, 0.25) is 10.0 Å². The number of halogens is 2. The Labute approximate surface area is 158 Å². The molecule has 0 fully saturated rings. The molecule has 2 radical (unpaired) electrons. The first-order valence-electron chi connectivity index (χ1n) is 3.47. The summed E-state index contributed by atoms with van der Waals surface area (Å²) in [5, 5.41) is -1.14. The topological polar surface area (TPSA) is 109 Å². The summed E-state index contributed by atoms with van der Waals surface area (Å²) in [6.07, 6.45) is 0. The molecule has 12 heteroatoms. The van der Waals surface area contributed by atoms with E-state index in [9.17, 15) is 16.8 Å². The summed E-state index contributed by atoms with van der Waals surface area (Å²) in [5.74, 6) is 0. The molecular weight excluding hydrogens is 349 g/mol. The van der Waals surface area contributed by atoms with Gasteiger partial charge >= 0.3 is 0 Å². The molecule has 6 nitrogen and oxygen atoms in total. The molecule has 0 aliphatic rings. The zero-order chi connectivity index (χ0) is 12.7. The molecule has 0 spiro atoms. The molecule has 0 aliphatic heterocycles. The van der Waals surface area contributed by atoms with Crippen LogP contribution in [-0.4, -0.2) is 85.1 Å².